The first kappa shape index (κ1) is 16.7. The maximum atomic E-state index is 5.22. The molecule has 3 heterocycles. The topological polar surface area (TPSA) is 67.6 Å². The molecule has 25 heavy (non-hydrogen) atoms. The second-order valence-electron chi connectivity index (χ2n) is 7.41. The normalized spacial score (nSPS) is 20.5. The monoisotopic (exact) mass is 344 g/mol. The molecule has 1 saturated carbocycles. The van der Waals surface area contributed by atoms with Crippen LogP contribution < -0.4 is 5.32 Å². The lowest BCUT2D eigenvalue weighted by Gasteiger charge is -2.34. The van der Waals surface area contributed by atoms with Gasteiger partial charge in [-0.1, -0.05) is 12.8 Å². The van der Waals surface area contributed by atoms with Gasteiger partial charge in [-0.2, -0.15) is 14.6 Å². The van der Waals surface area contributed by atoms with Crippen molar-refractivity contribution < 1.29 is 4.74 Å². The van der Waals surface area contributed by atoms with Gasteiger partial charge < -0.3 is 15.0 Å². The van der Waals surface area contributed by atoms with Gasteiger partial charge in [0.2, 0.25) is 0 Å². The first-order valence-electron chi connectivity index (χ1n) is 9.49. The fraction of sp³-hybridized carbons (Fsp3) is 0.722. The molecule has 1 N–H and O–H groups in total. The Hall–Kier alpha value is -1.73. The van der Waals surface area contributed by atoms with Crippen molar-refractivity contribution in [3.63, 3.8) is 0 Å². The lowest BCUT2D eigenvalue weighted by atomic mass is 10.0. The van der Waals surface area contributed by atoms with Crippen LogP contribution in [-0.4, -0.2) is 57.3 Å². The number of ether oxygens (including phenoxy) is 1. The predicted octanol–water partition coefficient (Wildman–Crippen LogP) is 2.34. The van der Waals surface area contributed by atoms with Crippen LogP contribution >= 0.6 is 0 Å². The molecule has 0 aromatic carbocycles. The van der Waals surface area contributed by atoms with E-state index in [2.05, 4.69) is 25.3 Å². The predicted molar refractivity (Wildman–Crippen MR) is 96.5 cm³/mol. The van der Waals surface area contributed by atoms with E-state index in [1.807, 2.05) is 6.07 Å². The van der Waals surface area contributed by atoms with E-state index in [1.165, 1.54) is 58.2 Å². The van der Waals surface area contributed by atoms with Crippen molar-refractivity contribution in [2.75, 3.05) is 32.1 Å². The highest BCUT2D eigenvalue weighted by molar-refractivity contribution is 5.45. The fourth-order valence-corrected chi connectivity index (χ4v) is 4.21. The van der Waals surface area contributed by atoms with Crippen molar-refractivity contribution in [3.05, 3.63) is 18.1 Å². The Kier molecular flexibility index (Phi) is 5.12. The van der Waals surface area contributed by atoms with Gasteiger partial charge in [-0.25, -0.2) is 4.98 Å². The van der Waals surface area contributed by atoms with Crippen LogP contribution in [0.1, 0.15) is 44.2 Å². The van der Waals surface area contributed by atoms with Crippen LogP contribution in [0.2, 0.25) is 0 Å². The molecule has 7 heteroatoms. The summed E-state index contributed by atoms with van der Waals surface area (Å²) in [5, 5.41) is 7.96. The molecule has 2 fully saturated rings. The number of aromatic nitrogens is 4. The summed E-state index contributed by atoms with van der Waals surface area (Å²) in [6.07, 6.45) is 9.62. The number of hydrogen-bond donors (Lipinski definition) is 1. The third kappa shape index (κ3) is 3.93. The summed E-state index contributed by atoms with van der Waals surface area (Å²) in [4.78, 5) is 11.3. The first-order chi connectivity index (χ1) is 12.3. The SMILES string of the molecule is COCc1cc(NC2CCN(CC3CCCC3)CC2)n2ncnc2n1. The number of nitrogens with one attached hydrogen (secondary N) is 1. The van der Waals surface area contributed by atoms with Gasteiger partial charge >= 0.3 is 0 Å². The molecule has 1 aliphatic carbocycles. The highest BCUT2D eigenvalue weighted by Crippen LogP contribution is 2.27. The molecule has 4 rings (SSSR count). The Morgan fingerprint density at radius 2 is 2.00 bits per heavy atom. The number of likely N-dealkylation sites (tertiary alicyclic amines) is 1. The van der Waals surface area contributed by atoms with Crippen molar-refractivity contribution in [2.24, 2.45) is 5.92 Å². The lowest BCUT2D eigenvalue weighted by molar-refractivity contribution is 0.181. The zero-order valence-corrected chi connectivity index (χ0v) is 15.0. The average molecular weight is 344 g/mol. The van der Waals surface area contributed by atoms with Gasteiger partial charge in [0, 0.05) is 38.9 Å². The van der Waals surface area contributed by atoms with Crippen LogP contribution in [0.15, 0.2) is 12.4 Å². The van der Waals surface area contributed by atoms with Crippen molar-refractivity contribution in [1.82, 2.24) is 24.5 Å². The molecule has 2 aromatic heterocycles. The van der Waals surface area contributed by atoms with Crippen LogP contribution in [0, 0.1) is 5.92 Å². The number of hydrogen-bond acceptors (Lipinski definition) is 6. The average Bonchev–Trinajstić information content (AvgIpc) is 3.28. The number of anilines is 1. The van der Waals surface area contributed by atoms with Gasteiger partial charge in [0.05, 0.1) is 12.3 Å². The third-order valence-electron chi connectivity index (χ3n) is 5.53. The Balaban J connectivity index is 1.38. The summed E-state index contributed by atoms with van der Waals surface area (Å²) in [5.74, 6) is 2.52. The summed E-state index contributed by atoms with van der Waals surface area (Å²) in [7, 11) is 1.68. The van der Waals surface area contributed by atoms with Crippen LogP contribution in [0.5, 0.6) is 0 Å². The van der Waals surface area contributed by atoms with Gasteiger partial charge in [-0.15, -0.1) is 0 Å². The van der Waals surface area contributed by atoms with E-state index in [4.69, 9.17) is 4.74 Å². The van der Waals surface area contributed by atoms with Gasteiger partial charge in [0.25, 0.3) is 5.78 Å². The third-order valence-corrected chi connectivity index (χ3v) is 5.53. The van der Waals surface area contributed by atoms with Crippen molar-refractivity contribution in [2.45, 2.75) is 51.2 Å². The number of piperidine rings is 1. The van der Waals surface area contributed by atoms with E-state index in [9.17, 15) is 0 Å². The maximum absolute atomic E-state index is 5.22. The summed E-state index contributed by atoms with van der Waals surface area (Å²) < 4.78 is 7.00. The summed E-state index contributed by atoms with van der Waals surface area (Å²) in [6.45, 7) is 4.15. The molecule has 136 valence electrons. The number of nitrogens with zero attached hydrogens (tertiary/aromatic N) is 5. The first-order valence-corrected chi connectivity index (χ1v) is 9.49. The number of fused-ring (bicyclic) bond motifs is 1. The van der Waals surface area contributed by atoms with Crippen LogP contribution in [0.25, 0.3) is 5.78 Å². The van der Waals surface area contributed by atoms with Crippen molar-refractivity contribution in [1.29, 1.82) is 0 Å². The fourth-order valence-electron chi connectivity index (χ4n) is 4.21. The van der Waals surface area contributed by atoms with Gasteiger partial charge in [-0.05, 0) is 31.6 Å². The quantitative estimate of drug-likeness (QED) is 0.867. The maximum Gasteiger partial charge on any atom is 0.254 e. The molecule has 0 unspecified atom stereocenters. The molecule has 1 aliphatic heterocycles. The van der Waals surface area contributed by atoms with Crippen molar-refractivity contribution in [3.8, 4) is 0 Å². The molecule has 2 aromatic rings. The van der Waals surface area contributed by atoms with E-state index in [1.54, 1.807) is 18.0 Å². The Bertz CT molecular complexity index is 688. The molecular formula is C18H28N6O. The smallest absolute Gasteiger partial charge is 0.254 e. The van der Waals surface area contributed by atoms with Gasteiger partial charge in [0.1, 0.15) is 12.1 Å². The highest BCUT2D eigenvalue weighted by atomic mass is 16.5. The van der Waals surface area contributed by atoms with Crippen molar-refractivity contribution >= 4 is 11.6 Å². The number of methoxy groups -OCH3 is 1. The highest BCUT2D eigenvalue weighted by Gasteiger charge is 2.24. The minimum atomic E-state index is 0.477. The van der Waals surface area contributed by atoms with Crippen LogP contribution in [-0.2, 0) is 11.3 Å². The second kappa shape index (κ2) is 7.66. The summed E-state index contributed by atoms with van der Waals surface area (Å²) in [5.41, 5.74) is 0.879. The molecule has 1 saturated heterocycles. The Morgan fingerprint density at radius 1 is 1.20 bits per heavy atom. The Labute approximate surface area is 148 Å². The molecule has 0 spiro atoms. The number of rotatable bonds is 6. The van der Waals surface area contributed by atoms with Crippen LogP contribution in [0.4, 0.5) is 5.82 Å². The molecule has 0 amide bonds. The minimum Gasteiger partial charge on any atom is -0.378 e. The minimum absolute atomic E-state index is 0.477. The second-order valence-corrected chi connectivity index (χ2v) is 7.41. The zero-order chi connectivity index (χ0) is 17.1. The van der Waals surface area contributed by atoms with Gasteiger partial charge in [-0.3, -0.25) is 0 Å². The molecule has 0 bridgehead atoms. The van der Waals surface area contributed by atoms with E-state index in [0.29, 0.717) is 18.4 Å². The van der Waals surface area contributed by atoms with Gasteiger partial charge in [0.15, 0.2) is 0 Å². The summed E-state index contributed by atoms with van der Waals surface area (Å²) in [6, 6.07) is 2.50. The zero-order valence-electron chi connectivity index (χ0n) is 15.0. The molecule has 2 aliphatic rings. The molecular weight excluding hydrogens is 316 g/mol. The van der Waals surface area contributed by atoms with E-state index in [-0.39, 0.29) is 0 Å². The molecule has 7 nitrogen and oxygen atoms in total. The lowest BCUT2D eigenvalue weighted by Crippen LogP contribution is -2.41. The van der Waals surface area contributed by atoms with E-state index in [0.717, 1.165) is 17.4 Å². The molecule has 0 radical (unpaired) electrons. The molecule has 0 atom stereocenters. The summed E-state index contributed by atoms with van der Waals surface area (Å²) >= 11 is 0. The largest absolute Gasteiger partial charge is 0.378 e. The van der Waals surface area contributed by atoms with Crippen LogP contribution in [0.3, 0.4) is 0 Å². The van der Waals surface area contributed by atoms with E-state index < -0.39 is 0 Å². The van der Waals surface area contributed by atoms with E-state index >= 15 is 0 Å². The Morgan fingerprint density at radius 3 is 2.76 bits per heavy atom. The standard InChI is InChI=1S/C18H28N6O/c1-25-12-16-10-17(24-18(22-16)19-13-20-24)21-15-6-8-23(9-7-15)11-14-4-2-3-5-14/h10,13-15,21H,2-9,11-12H2,1H3.